The number of rotatable bonds is 7. The summed E-state index contributed by atoms with van der Waals surface area (Å²) < 4.78 is 96.6. The fraction of sp³-hybridized carbons (Fsp3) is 0.571. The van der Waals surface area contributed by atoms with E-state index in [1.165, 1.54) is 0 Å². The second kappa shape index (κ2) is 7.37. The van der Waals surface area contributed by atoms with Gasteiger partial charge in [-0.3, -0.25) is 0 Å². The Morgan fingerprint density at radius 1 is 1.04 bits per heavy atom. The molecule has 0 aromatic heterocycles. The normalized spacial score (nSPS) is 14.0. The molecule has 0 N–H and O–H groups in total. The van der Waals surface area contributed by atoms with Crippen molar-refractivity contribution in [2.24, 2.45) is 0 Å². The Hall–Kier alpha value is -1.51. The molecule has 0 heterocycles. The first-order chi connectivity index (χ1) is 10.5. The molecule has 1 aromatic rings. The summed E-state index contributed by atoms with van der Waals surface area (Å²) >= 11 is 0. The van der Waals surface area contributed by atoms with Gasteiger partial charge in [0.15, 0.2) is 24.2 Å². The van der Waals surface area contributed by atoms with E-state index >= 15 is 0 Å². The van der Waals surface area contributed by atoms with Crippen LogP contribution in [0.3, 0.4) is 0 Å². The molecule has 0 spiro atoms. The van der Waals surface area contributed by atoms with Crippen LogP contribution < -0.4 is 4.74 Å². The maximum atomic E-state index is 13.7. The van der Waals surface area contributed by atoms with Crippen LogP contribution >= 0.6 is 0 Å². The molecule has 0 bridgehead atoms. The lowest BCUT2D eigenvalue weighted by Gasteiger charge is -2.19. The second-order valence-corrected chi connectivity index (χ2v) is 4.94. The highest BCUT2D eigenvalue weighted by Gasteiger charge is 2.57. The molecule has 0 radical (unpaired) electrons. The SMILES string of the molecule is CCC(C)c1cc(F)c(OCOCC(F)(F)C(F)(F)F)c(F)c1. The zero-order valence-electron chi connectivity index (χ0n) is 12.3. The summed E-state index contributed by atoms with van der Waals surface area (Å²) in [4.78, 5) is 0. The number of ether oxygens (including phenoxy) is 2. The van der Waals surface area contributed by atoms with Gasteiger partial charge in [-0.25, -0.2) is 8.78 Å². The van der Waals surface area contributed by atoms with E-state index < -0.39 is 42.9 Å². The molecule has 0 aliphatic carbocycles. The first kappa shape index (κ1) is 19.5. The summed E-state index contributed by atoms with van der Waals surface area (Å²) in [5, 5.41) is 0. The van der Waals surface area contributed by atoms with Crippen LogP contribution in [0.25, 0.3) is 0 Å². The third kappa shape index (κ3) is 4.98. The van der Waals surface area contributed by atoms with Gasteiger partial charge in [0, 0.05) is 0 Å². The average molecular weight is 348 g/mol. The third-order valence-electron chi connectivity index (χ3n) is 3.19. The van der Waals surface area contributed by atoms with Crippen molar-refractivity contribution < 1.29 is 40.2 Å². The van der Waals surface area contributed by atoms with Crippen molar-refractivity contribution in [3.8, 4) is 5.75 Å². The van der Waals surface area contributed by atoms with Crippen molar-refractivity contribution in [2.45, 2.75) is 38.3 Å². The molecule has 2 nitrogen and oxygen atoms in total. The van der Waals surface area contributed by atoms with Gasteiger partial charge in [-0.2, -0.15) is 22.0 Å². The molecule has 132 valence electrons. The van der Waals surface area contributed by atoms with Crippen LogP contribution in [0.5, 0.6) is 5.75 Å². The highest BCUT2D eigenvalue weighted by Crippen LogP contribution is 2.35. The average Bonchev–Trinajstić information content (AvgIpc) is 2.43. The molecular formula is C14H15F7O2. The summed E-state index contributed by atoms with van der Waals surface area (Å²) in [6.07, 6.45) is -5.14. The van der Waals surface area contributed by atoms with E-state index in [2.05, 4.69) is 9.47 Å². The van der Waals surface area contributed by atoms with Crippen molar-refractivity contribution in [1.29, 1.82) is 0 Å². The lowest BCUT2D eigenvalue weighted by molar-refractivity contribution is -0.299. The summed E-state index contributed by atoms with van der Waals surface area (Å²) in [5.74, 6) is -8.27. The predicted molar refractivity (Wildman–Crippen MR) is 67.5 cm³/mol. The monoisotopic (exact) mass is 348 g/mol. The standard InChI is InChI=1S/C14H15F7O2/c1-3-8(2)9-4-10(15)12(11(16)5-9)23-7-22-6-13(17,18)14(19,20)21/h4-5,8H,3,6-7H2,1-2H3. The molecule has 0 aliphatic heterocycles. The van der Waals surface area contributed by atoms with Crippen molar-refractivity contribution >= 4 is 0 Å². The van der Waals surface area contributed by atoms with Crippen LogP contribution in [0.4, 0.5) is 30.7 Å². The van der Waals surface area contributed by atoms with Crippen molar-refractivity contribution in [3.05, 3.63) is 29.3 Å². The minimum atomic E-state index is -5.78. The van der Waals surface area contributed by atoms with Crippen molar-refractivity contribution in [2.75, 3.05) is 13.4 Å². The van der Waals surface area contributed by atoms with E-state index in [0.29, 0.717) is 12.0 Å². The first-order valence-corrected chi connectivity index (χ1v) is 6.63. The number of alkyl halides is 5. The van der Waals surface area contributed by atoms with Crippen LogP contribution in [0.2, 0.25) is 0 Å². The molecule has 1 rings (SSSR count). The maximum absolute atomic E-state index is 13.7. The number of hydrogen-bond acceptors (Lipinski definition) is 2. The van der Waals surface area contributed by atoms with E-state index in [4.69, 9.17) is 0 Å². The molecule has 0 aliphatic rings. The Kier molecular flexibility index (Phi) is 6.26. The molecule has 0 amide bonds. The van der Waals surface area contributed by atoms with Gasteiger partial charge in [0.05, 0.1) is 0 Å². The van der Waals surface area contributed by atoms with Crippen LogP contribution in [-0.2, 0) is 4.74 Å². The van der Waals surface area contributed by atoms with Crippen LogP contribution in [-0.4, -0.2) is 25.5 Å². The fourth-order valence-corrected chi connectivity index (χ4v) is 1.59. The Morgan fingerprint density at radius 3 is 2.00 bits per heavy atom. The van der Waals surface area contributed by atoms with Crippen LogP contribution in [0.15, 0.2) is 12.1 Å². The van der Waals surface area contributed by atoms with Crippen LogP contribution in [0.1, 0.15) is 31.7 Å². The third-order valence-corrected chi connectivity index (χ3v) is 3.19. The van der Waals surface area contributed by atoms with E-state index in [-0.39, 0.29) is 5.92 Å². The van der Waals surface area contributed by atoms with E-state index in [0.717, 1.165) is 12.1 Å². The molecular weight excluding hydrogens is 333 g/mol. The second-order valence-electron chi connectivity index (χ2n) is 4.94. The van der Waals surface area contributed by atoms with E-state index in [1.54, 1.807) is 6.92 Å². The fourth-order valence-electron chi connectivity index (χ4n) is 1.59. The van der Waals surface area contributed by atoms with Crippen LogP contribution in [0, 0.1) is 11.6 Å². The minimum absolute atomic E-state index is 0.116. The lowest BCUT2D eigenvalue weighted by Crippen LogP contribution is -2.41. The molecule has 9 heteroatoms. The molecule has 23 heavy (non-hydrogen) atoms. The van der Waals surface area contributed by atoms with Crippen molar-refractivity contribution in [3.63, 3.8) is 0 Å². The van der Waals surface area contributed by atoms with Gasteiger partial charge in [0.25, 0.3) is 0 Å². The summed E-state index contributed by atoms with van der Waals surface area (Å²) in [6.45, 7) is 0.406. The molecule has 0 saturated carbocycles. The van der Waals surface area contributed by atoms with Gasteiger partial charge in [0.2, 0.25) is 0 Å². The lowest BCUT2D eigenvalue weighted by atomic mass is 9.98. The molecule has 0 saturated heterocycles. The van der Waals surface area contributed by atoms with E-state index in [9.17, 15) is 30.7 Å². The number of hydrogen-bond donors (Lipinski definition) is 0. The highest BCUT2D eigenvalue weighted by atomic mass is 19.4. The zero-order valence-corrected chi connectivity index (χ0v) is 12.3. The molecule has 1 aromatic carbocycles. The van der Waals surface area contributed by atoms with Crippen molar-refractivity contribution in [1.82, 2.24) is 0 Å². The Bertz CT molecular complexity index is 505. The Balaban J connectivity index is 2.66. The zero-order chi connectivity index (χ0) is 17.8. The number of benzene rings is 1. The smallest absolute Gasteiger partial charge is 0.455 e. The predicted octanol–water partition coefficient (Wildman–Crippen LogP) is 5.03. The summed E-state index contributed by atoms with van der Waals surface area (Å²) in [6, 6.07) is 2.02. The topological polar surface area (TPSA) is 18.5 Å². The van der Waals surface area contributed by atoms with Gasteiger partial charge >= 0.3 is 12.1 Å². The molecule has 1 unspecified atom stereocenters. The van der Waals surface area contributed by atoms with Gasteiger partial charge in [-0.1, -0.05) is 13.8 Å². The number of halogens is 7. The first-order valence-electron chi connectivity index (χ1n) is 6.63. The van der Waals surface area contributed by atoms with Gasteiger partial charge in [-0.05, 0) is 30.0 Å². The summed E-state index contributed by atoms with van der Waals surface area (Å²) in [7, 11) is 0. The van der Waals surface area contributed by atoms with Gasteiger partial charge in [0.1, 0.15) is 6.61 Å². The highest BCUT2D eigenvalue weighted by molar-refractivity contribution is 5.32. The molecule has 0 fully saturated rings. The van der Waals surface area contributed by atoms with Gasteiger partial charge < -0.3 is 9.47 Å². The Morgan fingerprint density at radius 2 is 1.57 bits per heavy atom. The quantitative estimate of drug-likeness (QED) is 0.391. The van der Waals surface area contributed by atoms with E-state index in [1.807, 2.05) is 6.92 Å². The minimum Gasteiger partial charge on any atom is -0.461 e. The Labute approximate surface area is 128 Å². The van der Waals surface area contributed by atoms with Gasteiger partial charge in [-0.15, -0.1) is 0 Å². The maximum Gasteiger partial charge on any atom is 0.455 e. The largest absolute Gasteiger partial charge is 0.461 e. The molecule has 1 atom stereocenters. The summed E-state index contributed by atoms with van der Waals surface area (Å²) in [5.41, 5.74) is 0.374.